The van der Waals surface area contributed by atoms with Gasteiger partial charge in [-0.3, -0.25) is 0 Å². The first-order chi connectivity index (χ1) is 10.3. The highest BCUT2D eigenvalue weighted by atomic mass is 16.7. The molecule has 10 nitrogen and oxygen atoms in total. The molecule has 130 valence electrons. The molecule has 2 aliphatic rings. The minimum atomic E-state index is -1.69. The summed E-state index contributed by atoms with van der Waals surface area (Å²) in [4.78, 5) is 0. The fourth-order valence-corrected chi connectivity index (χ4v) is 2.50. The van der Waals surface area contributed by atoms with E-state index in [9.17, 15) is 30.6 Å². The van der Waals surface area contributed by atoms with E-state index >= 15 is 0 Å². The molecule has 0 spiro atoms. The van der Waals surface area contributed by atoms with Crippen molar-refractivity contribution in [2.45, 2.75) is 68.3 Å². The van der Waals surface area contributed by atoms with Crippen LogP contribution < -0.4 is 0 Å². The van der Waals surface area contributed by atoms with Crippen LogP contribution in [0.5, 0.6) is 0 Å². The number of hydrogen-bond acceptors (Lipinski definition) is 10. The first kappa shape index (κ1) is 17.9. The monoisotopic (exact) mass is 326 g/mol. The maximum atomic E-state index is 9.93. The maximum Gasteiger partial charge on any atom is 0.187 e. The third-order valence-electron chi connectivity index (χ3n) is 3.94. The van der Waals surface area contributed by atoms with Gasteiger partial charge in [0.1, 0.15) is 42.7 Å². The Hall–Kier alpha value is -0.400. The van der Waals surface area contributed by atoms with Crippen LogP contribution in [0.4, 0.5) is 0 Å². The predicted octanol–water partition coefficient (Wildman–Crippen LogP) is -4.37. The predicted molar refractivity (Wildman–Crippen MR) is 67.2 cm³/mol. The number of aliphatic hydroxyl groups excluding tert-OH is 7. The van der Waals surface area contributed by atoms with Gasteiger partial charge in [-0.15, -0.1) is 0 Å². The molecule has 2 aliphatic heterocycles. The maximum absolute atomic E-state index is 9.93. The van der Waals surface area contributed by atoms with Crippen molar-refractivity contribution in [1.82, 2.24) is 0 Å². The molecule has 0 radical (unpaired) electrons. The lowest BCUT2D eigenvalue weighted by molar-refractivity contribution is -0.358. The van der Waals surface area contributed by atoms with Crippen LogP contribution in [-0.4, -0.2) is 104 Å². The van der Waals surface area contributed by atoms with E-state index in [0.717, 1.165) is 0 Å². The summed E-state index contributed by atoms with van der Waals surface area (Å²) in [6.45, 7) is 0.823. The van der Waals surface area contributed by atoms with Gasteiger partial charge >= 0.3 is 0 Å². The lowest BCUT2D eigenvalue weighted by Gasteiger charge is -2.44. The molecule has 7 N–H and O–H groups in total. The Labute approximate surface area is 126 Å². The summed E-state index contributed by atoms with van der Waals surface area (Å²) in [5.41, 5.74) is 0. The van der Waals surface area contributed by atoms with E-state index < -0.39 is 68.0 Å². The zero-order valence-corrected chi connectivity index (χ0v) is 11.8. The summed E-state index contributed by atoms with van der Waals surface area (Å²) in [7, 11) is 0. The van der Waals surface area contributed by atoms with E-state index in [0.29, 0.717) is 0 Å². The number of rotatable bonds is 3. The average Bonchev–Trinajstić information content (AvgIpc) is 2.49. The quantitative estimate of drug-likeness (QED) is 0.269. The Bertz CT molecular complexity index is 368. The Morgan fingerprint density at radius 2 is 1.45 bits per heavy atom. The molecule has 2 heterocycles. The van der Waals surface area contributed by atoms with Gasteiger partial charge in [-0.2, -0.15) is 0 Å². The zero-order chi connectivity index (χ0) is 16.6. The van der Waals surface area contributed by atoms with E-state index in [1.807, 2.05) is 0 Å². The van der Waals surface area contributed by atoms with Crippen molar-refractivity contribution in [3.8, 4) is 0 Å². The number of hydrogen-bond donors (Lipinski definition) is 7. The van der Waals surface area contributed by atoms with Gasteiger partial charge in [-0.1, -0.05) is 0 Å². The van der Waals surface area contributed by atoms with Crippen LogP contribution in [0.3, 0.4) is 0 Å². The second-order valence-corrected chi connectivity index (χ2v) is 5.51. The molecule has 0 aromatic rings. The van der Waals surface area contributed by atoms with Crippen LogP contribution in [-0.2, 0) is 14.2 Å². The van der Waals surface area contributed by atoms with Gasteiger partial charge in [0.25, 0.3) is 0 Å². The fraction of sp³-hybridized carbons (Fsp3) is 1.00. The molecule has 2 saturated heterocycles. The Kier molecular flexibility index (Phi) is 5.72. The molecule has 0 aromatic heterocycles. The van der Waals surface area contributed by atoms with Crippen molar-refractivity contribution in [2.24, 2.45) is 0 Å². The lowest BCUT2D eigenvalue weighted by atomic mass is 9.97. The molecule has 0 bridgehead atoms. The van der Waals surface area contributed by atoms with Crippen molar-refractivity contribution < 1.29 is 50.0 Å². The van der Waals surface area contributed by atoms with Crippen LogP contribution in [0, 0.1) is 0 Å². The molecule has 10 atom stereocenters. The molecule has 10 heteroatoms. The standard InChI is InChI=1S/C12H22O10/c1-3-5(14)7(16)9(18)12(20-3)22-10-8(17)6(15)4(2-13)21-11(10)19/h3-19H,2H2,1H3/t3-,4+,5+,6-,7+,8-,9-,10+,11+,12-/m0/s1. The van der Waals surface area contributed by atoms with E-state index in [4.69, 9.17) is 19.3 Å². The van der Waals surface area contributed by atoms with Gasteiger partial charge in [-0.05, 0) is 6.92 Å². The summed E-state index contributed by atoms with van der Waals surface area (Å²) in [6, 6.07) is 0. The molecule has 22 heavy (non-hydrogen) atoms. The van der Waals surface area contributed by atoms with Gasteiger partial charge < -0.3 is 50.0 Å². The molecule has 0 unspecified atom stereocenters. The van der Waals surface area contributed by atoms with Crippen molar-refractivity contribution in [3.63, 3.8) is 0 Å². The summed E-state index contributed by atoms with van der Waals surface area (Å²) >= 11 is 0. The van der Waals surface area contributed by atoms with Crippen molar-refractivity contribution in [1.29, 1.82) is 0 Å². The van der Waals surface area contributed by atoms with Gasteiger partial charge in [0.15, 0.2) is 12.6 Å². The van der Waals surface area contributed by atoms with Crippen LogP contribution in [0.25, 0.3) is 0 Å². The van der Waals surface area contributed by atoms with E-state index in [1.165, 1.54) is 6.92 Å². The van der Waals surface area contributed by atoms with Gasteiger partial charge in [0.2, 0.25) is 0 Å². The van der Waals surface area contributed by atoms with Crippen LogP contribution in [0.2, 0.25) is 0 Å². The van der Waals surface area contributed by atoms with Crippen LogP contribution in [0.1, 0.15) is 6.92 Å². The third kappa shape index (κ3) is 3.26. The molecule has 2 rings (SSSR count). The molecule has 0 saturated carbocycles. The smallest absolute Gasteiger partial charge is 0.187 e. The highest BCUT2D eigenvalue weighted by Crippen LogP contribution is 2.28. The van der Waals surface area contributed by atoms with Crippen LogP contribution >= 0.6 is 0 Å². The van der Waals surface area contributed by atoms with Crippen molar-refractivity contribution >= 4 is 0 Å². The number of ether oxygens (including phenoxy) is 3. The molecule has 0 aromatic carbocycles. The number of aliphatic hydroxyl groups is 7. The van der Waals surface area contributed by atoms with Crippen LogP contribution in [0.15, 0.2) is 0 Å². The highest BCUT2D eigenvalue weighted by molar-refractivity contribution is 4.92. The van der Waals surface area contributed by atoms with Crippen molar-refractivity contribution in [2.75, 3.05) is 6.61 Å². The average molecular weight is 326 g/mol. The minimum absolute atomic E-state index is 0.619. The Morgan fingerprint density at radius 1 is 0.818 bits per heavy atom. The Balaban J connectivity index is 2.06. The SMILES string of the molecule is C[C@@H]1O[C@@H](O[C@@H]2[C@@H](O)[C@@H](O)[C@@H](CO)O[C@H]2O)[C@@H](O)[C@H](O)[C@@H]1O. The van der Waals surface area contributed by atoms with Gasteiger partial charge in [0, 0.05) is 0 Å². The molecular formula is C12H22O10. The van der Waals surface area contributed by atoms with Gasteiger partial charge in [-0.25, -0.2) is 0 Å². The second-order valence-electron chi connectivity index (χ2n) is 5.51. The second kappa shape index (κ2) is 7.01. The lowest BCUT2D eigenvalue weighted by Crippen LogP contribution is -2.63. The molecular weight excluding hydrogens is 304 g/mol. The largest absolute Gasteiger partial charge is 0.394 e. The summed E-state index contributed by atoms with van der Waals surface area (Å²) in [6.07, 6.45) is -14.3. The summed E-state index contributed by atoms with van der Waals surface area (Å²) in [5.74, 6) is 0. The fourth-order valence-electron chi connectivity index (χ4n) is 2.50. The highest BCUT2D eigenvalue weighted by Gasteiger charge is 2.49. The summed E-state index contributed by atoms with van der Waals surface area (Å²) < 4.78 is 15.3. The first-order valence-corrected chi connectivity index (χ1v) is 6.93. The third-order valence-corrected chi connectivity index (χ3v) is 3.94. The molecule has 0 amide bonds. The Morgan fingerprint density at radius 3 is 2.05 bits per heavy atom. The molecule has 2 fully saturated rings. The van der Waals surface area contributed by atoms with E-state index in [2.05, 4.69) is 0 Å². The van der Waals surface area contributed by atoms with Crippen molar-refractivity contribution in [3.05, 3.63) is 0 Å². The zero-order valence-electron chi connectivity index (χ0n) is 11.8. The summed E-state index contributed by atoms with van der Waals surface area (Å²) in [5, 5.41) is 67.5. The first-order valence-electron chi connectivity index (χ1n) is 6.93. The van der Waals surface area contributed by atoms with E-state index in [1.54, 1.807) is 0 Å². The van der Waals surface area contributed by atoms with E-state index in [-0.39, 0.29) is 0 Å². The topological polar surface area (TPSA) is 169 Å². The normalized spacial score (nSPS) is 53.5. The minimum Gasteiger partial charge on any atom is -0.394 e. The van der Waals surface area contributed by atoms with Gasteiger partial charge in [0.05, 0.1) is 12.7 Å². The molecule has 0 aliphatic carbocycles.